The summed E-state index contributed by atoms with van der Waals surface area (Å²) in [5.41, 5.74) is 3.25. The van der Waals surface area contributed by atoms with Crippen LogP contribution in [-0.4, -0.2) is 66.1 Å². The van der Waals surface area contributed by atoms with Crippen molar-refractivity contribution in [3.05, 3.63) is 94.0 Å². The van der Waals surface area contributed by atoms with Crippen molar-refractivity contribution >= 4 is 49.0 Å². The highest BCUT2D eigenvalue weighted by atomic mass is 35.5. The number of hydrogen-bond donors (Lipinski definition) is 2. The predicted molar refractivity (Wildman–Crippen MR) is 181 cm³/mol. The molecule has 3 aromatic carbocycles. The molecule has 4 heterocycles. The number of rotatable bonds is 7. The summed E-state index contributed by atoms with van der Waals surface area (Å²) in [6.07, 6.45) is 0.334. The lowest BCUT2D eigenvalue weighted by Gasteiger charge is -2.37. The Morgan fingerprint density at radius 1 is 1.06 bits per heavy atom. The first kappa shape index (κ1) is 32.0. The fourth-order valence-corrected chi connectivity index (χ4v) is 11.1. The van der Waals surface area contributed by atoms with Gasteiger partial charge < -0.3 is 29.3 Å². The fraction of sp³-hybridized carbons (Fsp3) is 0.417. The standard InChI is InChI=1S/C36H40ClN3O6Si/c1-22-34(47(2,3)45)31(18-33(43)39-20-25-9-5-4-8-24(25)16-28(39)21-41)46-36(22)29-17-26(37)11-12-30(29)40(35(36)44)19-23-7-6-10-27(15-23)38-14-13-32(38)42/h4-12,15,17,22,28,31,34,41,45H,13-14,16,18-21H2,1-3H3/t22-,28-,31+,34-,36+/m0/s1. The normalized spacial score (nSPS) is 26.9. The summed E-state index contributed by atoms with van der Waals surface area (Å²) in [4.78, 5) is 57.8. The minimum absolute atomic E-state index is 0.0263. The quantitative estimate of drug-likeness (QED) is 0.277. The summed E-state index contributed by atoms with van der Waals surface area (Å²) in [6.45, 7) is 6.75. The number of hydrogen-bond acceptors (Lipinski definition) is 6. The topological polar surface area (TPSA) is 111 Å². The summed E-state index contributed by atoms with van der Waals surface area (Å²) < 4.78 is 6.89. The first-order valence-corrected chi connectivity index (χ1v) is 19.7. The number of carbonyl (C=O) groups is 3. The Balaban J connectivity index is 1.22. The van der Waals surface area contributed by atoms with Gasteiger partial charge in [0.25, 0.3) is 5.91 Å². The third kappa shape index (κ3) is 5.30. The van der Waals surface area contributed by atoms with E-state index < -0.39 is 31.5 Å². The third-order valence-electron chi connectivity index (χ3n) is 10.6. The molecule has 2 fully saturated rings. The average Bonchev–Trinajstić information content (AvgIpc) is 3.45. The number of nitrogens with zero attached hydrogens (tertiary/aromatic N) is 3. The molecule has 0 aromatic heterocycles. The van der Waals surface area contributed by atoms with Crippen molar-refractivity contribution in [3.8, 4) is 0 Å². The van der Waals surface area contributed by atoms with Crippen LogP contribution in [0.3, 0.4) is 0 Å². The number of fused-ring (bicyclic) bond motifs is 3. The molecule has 0 radical (unpaired) electrons. The summed E-state index contributed by atoms with van der Waals surface area (Å²) in [6, 6.07) is 20.6. The van der Waals surface area contributed by atoms with Crippen LogP contribution in [0.5, 0.6) is 0 Å². The number of aliphatic hydroxyl groups is 1. The van der Waals surface area contributed by atoms with Crippen molar-refractivity contribution < 1.29 is 29.0 Å². The molecule has 11 heteroatoms. The van der Waals surface area contributed by atoms with Crippen LogP contribution in [0.2, 0.25) is 23.7 Å². The molecule has 4 aliphatic heterocycles. The molecule has 1 spiro atoms. The van der Waals surface area contributed by atoms with Crippen LogP contribution < -0.4 is 9.80 Å². The van der Waals surface area contributed by atoms with E-state index in [0.29, 0.717) is 42.2 Å². The Bertz CT molecular complexity index is 1760. The van der Waals surface area contributed by atoms with Crippen LogP contribution in [0.15, 0.2) is 66.7 Å². The number of carbonyl (C=O) groups excluding carboxylic acids is 3. The fourth-order valence-electron chi connectivity index (χ4n) is 8.33. The van der Waals surface area contributed by atoms with Crippen LogP contribution in [0.4, 0.5) is 11.4 Å². The molecule has 4 aliphatic rings. The van der Waals surface area contributed by atoms with Gasteiger partial charge in [-0.25, -0.2) is 0 Å². The number of amides is 3. The lowest BCUT2D eigenvalue weighted by molar-refractivity contribution is -0.151. The second-order valence-electron chi connectivity index (χ2n) is 13.9. The van der Waals surface area contributed by atoms with Gasteiger partial charge in [0, 0.05) is 47.2 Å². The maximum Gasteiger partial charge on any atom is 0.264 e. The zero-order chi connectivity index (χ0) is 33.2. The molecule has 3 aromatic rings. The monoisotopic (exact) mass is 673 g/mol. The maximum absolute atomic E-state index is 14.8. The minimum atomic E-state index is -3.01. The Kier molecular flexibility index (Phi) is 8.08. The van der Waals surface area contributed by atoms with E-state index >= 15 is 0 Å². The summed E-state index contributed by atoms with van der Waals surface area (Å²) in [7, 11) is -3.01. The van der Waals surface area contributed by atoms with E-state index in [-0.39, 0.29) is 43.3 Å². The zero-order valence-electron chi connectivity index (χ0n) is 26.9. The van der Waals surface area contributed by atoms with Crippen molar-refractivity contribution in [2.24, 2.45) is 5.92 Å². The molecule has 0 bridgehead atoms. The van der Waals surface area contributed by atoms with Crippen molar-refractivity contribution in [2.75, 3.05) is 23.0 Å². The molecule has 246 valence electrons. The smallest absolute Gasteiger partial charge is 0.264 e. The molecule has 2 saturated heterocycles. The van der Waals surface area contributed by atoms with E-state index in [4.69, 9.17) is 16.3 Å². The van der Waals surface area contributed by atoms with Crippen molar-refractivity contribution in [2.45, 2.75) is 75.7 Å². The van der Waals surface area contributed by atoms with Gasteiger partial charge in [0.05, 0.1) is 37.4 Å². The number of ether oxygens (including phenoxy) is 1. The van der Waals surface area contributed by atoms with Crippen LogP contribution in [0.25, 0.3) is 0 Å². The lowest BCUT2D eigenvalue weighted by Crippen LogP contribution is -2.48. The van der Waals surface area contributed by atoms with Crippen LogP contribution in [-0.2, 0) is 44.2 Å². The number of aliphatic hydroxyl groups excluding tert-OH is 1. The summed E-state index contributed by atoms with van der Waals surface area (Å²) in [5, 5.41) is 10.7. The lowest BCUT2D eigenvalue weighted by atomic mass is 9.82. The van der Waals surface area contributed by atoms with E-state index in [2.05, 4.69) is 0 Å². The molecule has 3 amide bonds. The molecule has 47 heavy (non-hydrogen) atoms. The Morgan fingerprint density at radius 3 is 2.51 bits per heavy atom. The van der Waals surface area contributed by atoms with E-state index in [9.17, 15) is 24.3 Å². The van der Waals surface area contributed by atoms with Gasteiger partial charge in [-0.3, -0.25) is 14.4 Å². The van der Waals surface area contributed by atoms with Crippen molar-refractivity contribution in [1.29, 1.82) is 0 Å². The molecule has 7 rings (SSSR count). The van der Waals surface area contributed by atoms with Crippen LogP contribution in [0.1, 0.15) is 42.0 Å². The second-order valence-corrected chi connectivity index (χ2v) is 18.3. The van der Waals surface area contributed by atoms with Gasteiger partial charge in [-0.15, -0.1) is 0 Å². The minimum Gasteiger partial charge on any atom is -0.432 e. The highest BCUT2D eigenvalue weighted by Gasteiger charge is 2.66. The number of anilines is 2. The van der Waals surface area contributed by atoms with Gasteiger partial charge in [0.15, 0.2) is 13.9 Å². The molecular formula is C36H40ClN3O6Si. The molecule has 0 unspecified atom stereocenters. The highest BCUT2D eigenvalue weighted by Crippen LogP contribution is 2.60. The average molecular weight is 674 g/mol. The van der Waals surface area contributed by atoms with E-state index in [1.165, 1.54) is 0 Å². The maximum atomic E-state index is 14.8. The first-order valence-electron chi connectivity index (χ1n) is 16.3. The first-order chi connectivity index (χ1) is 22.4. The van der Waals surface area contributed by atoms with Crippen LogP contribution >= 0.6 is 11.6 Å². The molecule has 2 N–H and O–H groups in total. The molecular weight excluding hydrogens is 634 g/mol. The molecule has 9 nitrogen and oxygen atoms in total. The second kappa shape index (κ2) is 11.9. The van der Waals surface area contributed by atoms with Gasteiger partial charge in [-0.05, 0) is 66.5 Å². The van der Waals surface area contributed by atoms with Gasteiger partial charge in [0.1, 0.15) is 0 Å². The van der Waals surface area contributed by atoms with Gasteiger partial charge in [0.2, 0.25) is 11.8 Å². The van der Waals surface area contributed by atoms with Crippen molar-refractivity contribution in [3.63, 3.8) is 0 Å². The van der Waals surface area contributed by atoms with Crippen molar-refractivity contribution in [1.82, 2.24) is 4.90 Å². The number of β-lactam (4-membered cyclic amide) rings is 1. The zero-order valence-corrected chi connectivity index (χ0v) is 28.6. The number of halogens is 1. The highest BCUT2D eigenvalue weighted by molar-refractivity contribution is 6.71. The molecule has 0 aliphatic carbocycles. The predicted octanol–water partition coefficient (Wildman–Crippen LogP) is 4.76. The summed E-state index contributed by atoms with van der Waals surface area (Å²) >= 11 is 6.55. The van der Waals surface area contributed by atoms with E-state index in [1.807, 2.05) is 74.6 Å². The molecule has 0 saturated carbocycles. The molecule has 5 atom stereocenters. The van der Waals surface area contributed by atoms with Gasteiger partial charge in [-0.2, -0.15) is 0 Å². The van der Waals surface area contributed by atoms with E-state index in [0.717, 1.165) is 22.4 Å². The third-order valence-corrected chi connectivity index (χ3v) is 13.4. The van der Waals surface area contributed by atoms with Gasteiger partial charge >= 0.3 is 0 Å². The summed E-state index contributed by atoms with van der Waals surface area (Å²) in [5.74, 6) is -0.816. The Labute approximate surface area is 280 Å². The van der Waals surface area contributed by atoms with Crippen LogP contribution in [0, 0.1) is 5.92 Å². The SMILES string of the molecule is C[C@H]1[C@H]([Si](C)(C)O)[C@@H](CC(=O)N2Cc3ccccc3C[C@H]2CO)O[C@]12C(=O)N(Cc1cccc(N3CCC3=O)c1)c1ccc(Cl)cc12. The Hall–Kier alpha value is -3.54. The van der Waals surface area contributed by atoms with E-state index in [1.54, 1.807) is 26.8 Å². The van der Waals surface area contributed by atoms with Gasteiger partial charge in [-0.1, -0.05) is 54.9 Å². The number of benzene rings is 3. The largest absolute Gasteiger partial charge is 0.432 e. The Morgan fingerprint density at radius 2 is 1.83 bits per heavy atom.